The van der Waals surface area contributed by atoms with E-state index in [1.807, 2.05) is 32.0 Å². The molecule has 0 aliphatic heterocycles. The number of rotatable bonds is 4. The van der Waals surface area contributed by atoms with E-state index < -0.39 is 5.69 Å². The Hall–Kier alpha value is -3.16. The van der Waals surface area contributed by atoms with Crippen LogP contribution < -0.4 is 16.1 Å². The van der Waals surface area contributed by atoms with E-state index in [0.717, 1.165) is 15.7 Å². The highest BCUT2D eigenvalue weighted by molar-refractivity contribution is 7.17. The van der Waals surface area contributed by atoms with Gasteiger partial charge in [-0.05, 0) is 60.7 Å². The fourth-order valence-corrected chi connectivity index (χ4v) is 4.49. The third-order valence-corrected chi connectivity index (χ3v) is 6.35. The Labute approximate surface area is 187 Å². The number of nitrogens with zero attached hydrogens (tertiary/aromatic N) is 3. The number of likely N-dealkylation sites (N-methyl/N-ethyl adjacent to an activating group) is 1. The summed E-state index contributed by atoms with van der Waals surface area (Å²) in [6, 6.07) is 14.2. The van der Waals surface area contributed by atoms with Gasteiger partial charge >= 0.3 is 5.69 Å². The number of amides is 1. The summed E-state index contributed by atoms with van der Waals surface area (Å²) in [4.78, 5) is 41.1. The molecular formula is C23H20ClN3O3S. The highest BCUT2D eigenvalue weighted by Gasteiger charge is 2.20. The molecule has 31 heavy (non-hydrogen) atoms. The first-order chi connectivity index (χ1) is 14.8. The van der Waals surface area contributed by atoms with Gasteiger partial charge in [0.05, 0.1) is 11.2 Å². The Balaban J connectivity index is 1.86. The topological polar surface area (TPSA) is 64.3 Å². The van der Waals surface area contributed by atoms with E-state index in [-0.39, 0.29) is 18.0 Å². The number of anilines is 1. The Bertz CT molecular complexity index is 1430. The first-order valence-electron chi connectivity index (χ1n) is 9.60. The summed E-state index contributed by atoms with van der Waals surface area (Å²) in [7, 11) is 1.63. The first-order valence-corrected chi connectivity index (χ1v) is 10.9. The Kier molecular flexibility index (Phi) is 5.56. The number of thiophene rings is 1. The van der Waals surface area contributed by atoms with Crippen molar-refractivity contribution in [1.82, 2.24) is 9.13 Å². The van der Waals surface area contributed by atoms with Gasteiger partial charge in [-0.2, -0.15) is 0 Å². The molecular weight excluding hydrogens is 434 g/mol. The molecule has 2 heterocycles. The molecule has 0 spiro atoms. The second-order valence-corrected chi connectivity index (χ2v) is 8.72. The zero-order chi connectivity index (χ0) is 22.3. The van der Waals surface area contributed by atoms with E-state index in [2.05, 4.69) is 0 Å². The number of carbonyl (C=O) groups excluding carboxylic acids is 1. The van der Waals surface area contributed by atoms with Crippen LogP contribution in [0.15, 0.2) is 63.5 Å². The van der Waals surface area contributed by atoms with Gasteiger partial charge in [0.15, 0.2) is 0 Å². The molecule has 6 nitrogen and oxygen atoms in total. The number of aromatic nitrogens is 2. The van der Waals surface area contributed by atoms with Gasteiger partial charge < -0.3 is 4.90 Å². The van der Waals surface area contributed by atoms with Gasteiger partial charge in [0.2, 0.25) is 5.91 Å². The second kappa shape index (κ2) is 8.17. The molecule has 0 radical (unpaired) electrons. The summed E-state index contributed by atoms with van der Waals surface area (Å²) < 4.78 is 2.95. The summed E-state index contributed by atoms with van der Waals surface area (Å²) in [6.45, 7) is 3.54. The fraction of sp³-hybridized carbons (Fsp3) is 0.174. The quantitative estimate of drug-likeness (QED) is 0.466. The van der Waals surface area contributed by atoms with Crippen molar-refractivity contribution in [2.75, 3.05) is 11.9 Å². The molecule has 0 bridgehead atoms. The van der Waals surface area contributed by atoms with E-state index in [1.165, 1.54) is 20.8 Å². The molecule has 158 valence electrons. The van der Waals surface area contributed by atoms with E-state index in [9.17, 15) is 14.4 Å². The number of hydrogen-bond donors (Lipinski definition) is 0. The molecule has 0 aliphatic carbocycles. The molecule has 0 unspecified atom stereocenters. The predicted octanol–water partition coefficient (Wildman–Crippen LogP) is 4.15. The highest BCUT2D eigenvalue weighted by Crippen LogP contribution is 2.21. The summed E-state index contributed by atoms with van der Waals surface area (Å²) in [5, 5.41) is 2.26. The minimum atomic E-state index is -0.544. The molecule has 8 heteroatoms. The molecule has 0 atom stereocenters. The molecule has 2 aromatic carbocycles. The third-order valence-electron chi connectivity index (χ3n) is 5.22. The first kappa shape index (κ1) is 21.1. The van der Waals surface area contributed by atoms with Gasteiger partial charge in [0.25, 0.3) is 5.56 Å². The molecule has 0 aliphatic rings. The van der Waals surface area contributed by atoms with Crippen molar-refractivity contribution in [3.63, 3.8) is 0 Å². The standard InChI is InChI=1S/C23H20ClN3O3S/c1-14-7-8-15(2)19(11-14)27-22(29)21-18(9-10-31-21)26(23(27)30)13-20(28)25(3)17-6-4-5-16(24)12-17/h4-12H,13H2,1-3H3. The SMILES string of the molecule is Cc1ccc(C)c(-n2c(=O)c3sccc3n(CC(=O)N(C)c3cccc(Cl)c3)c2=O)c1. The van der Waals surface area contributed by atoms with Crippen molar-refractivity contribution in [2.45, 2.75) is 20.4 Å². The normalized spacial score (nSPS) is 11.1. The van der Waals surface area contributed by atoms with Crippen LogP contribution in [0.3, 0.4) is 0 Å². The zero-order valence-electron chi connectivity index (χ0n) is 17.3. The molecule has 0 fully saturated rings. The smallest absolute Gasteiger partial charge is 0.314 e. The van der Waals surface area contributed by atoms with Crippen LogP contribution in [0, 0.1) is 13.8 Å². The van der Waals surface area contributed by atoms with Crippen LogP contribution in [0.25, 0.3) is 15.9 Å². The Morgan fingerprint density at radius 2 is 1.87 bits per heavy atom. The lowest BCUT2D eigenvalue weighted by molar-refractivity contribution is -0.118. The number of fused-ring (bicyclic) bond motifs is 1. The van der Waals surface area contributed by atoms with E-state index >= 15 is 0 Å². The van der Waals surface area contributed by atoms with Crippen LogP contribution in [0.4, 0.5) is 5.69 Å². The maximum Gasteiger partial charge on any atom is 0.336 e. The van der Waals surface area contributed by atoms with Crippen molar-refractivity contribution in [1.29, 1.82) is 0 Å². The van der Waals surface area contributed by atoms with Crippen LogP contribution >= 0.6 is 22.9 Å². The largest absolute Gasteiger partial charge is 0.336 e. The Morgan fingerprint density at radius 3 is 2.61 bits per heavy atom. The van der Waals surface area contributed by atoms with Crippen LogP contribution in [-0.2, 0) is 11.3 Å². The molecule has 0 saturated carbocycles. The minimum absolute atomic E-state index is 0.208. The minimum Gasteiger partial charge on any atom is -0.314 e. The Morgan fingerprint density at radius 1 is 1.10 bits per heavy atom. The number of benzene rings is 2. The predicted molar refractivity (Wildman–Crippen MR) is 126 cm³/mol. The average molecular weight is 454 g/mol. The summed E-state index contributed by atoms with van der Waals surface area (Å²) in [5.41, 5.74) is 2.41. The highest BCUT2D eigenvalue weighted by atomic mass is 35.5. The lowest BCUT2D eigenvalue weighted by Crippen LogP contribution is -2.42. The maximum atomic E-state index is 13.5. The number of aryl methyl sites for hydroxylation is 2. The van der Waals surface area contributed by atoms with Crippen molar-refractivity contribution >= 4 is 44.7 Å². The van der Waals surface area contributed by atoms with Crippen LogP contribution in [0.2, 0.25) is 5.02 Å². The molecule has 0 saturated heterocycles. The van der Waals surface area contributed by atoms with Gasteiger partial charge in [0, 0.05) is 17.8 Å². The van der Waals surface area contributed by atoms with Gasteiger partial charge in [-0.25, -0.2) is 9.36 Å². The third kappa shape index (κ3) is 3.82. The van der Waals surface area contributed by atoms with Crippen LogP contribution in [0.1, 0.15) is 11.1 Å². The molecule has 0 N–H and O–H groups in total. The number of halogens is 1. The fourth-order valence-electron chi connectivity index (χ4n) is 3.48. The van der Waals surface area contributed by atoms with Crippen LogP contribution in [0.5, 0.6) is 0 Å². The molecule has 1 amide bonds. The molecule has 2 aromatic heterocycles. The van der Waals surface area contributed by atoms with Crippen molar-refractivity contribution in [3.8, 4) is 5.69 Å². The van der Waals surface area contributed by atoms with Gasteiger partial charge in [0.1, 0.15) is 11.2 Å². The molecule has 4 aromatic rings. The summed E-state index contributed by atoms with van der Waals surface area (Å²) >= 11 is 7.30. The second-order valence-electron chi connectivity index (χ2n) is 7.37. The van der Waals surface area contributed by atoms with E-state index in [0.29, 0.717) is 26.6 Å². The van der Waals surface area contributed by atoms with E-state index in [1.54, 1.807) is 42.8 Å². The van der Waals surface area contributed by atoms with Crippen molar-refractivity contribution in [3.05, 3.63) is 90.9 Å². The van der Waals surface area contributed by atoms with Crippen molar-refractivity contribution in [2.24, 2.45) is 0 Å². The number of hydrogen-bond acceptors (Lipinski definition) is 4. The van der Waals surface area contributed by atoms with Gasteiger partial charge in [-0.3, -0.25) is 14.2 Å². The van der Waals surface area contributed by atoms with Crippen LogP contribution in [-0.4, -0.2) is 22.1 Å². The van der Waals surface area contributed by atoms with Gasteiger partial charge in [-0.15, -0.1) is 11.3 Å². The monoisotopic (exact) mass is 453 g/mol. The lowest BCUT2D eigenvalue weighted by atomic mass is 10.1. The average Bonchev–Trinajstić information content (AvgIpc) is 3.23. The van der Waals surface area contributed by atoms with E-state index in [4.69, 9.17) is 11.6 Å². The van der Waals surface area contributed by atoms with Gasteiger partial charge in [-0.1, -0.05) is 29.8 Å². The summed E-state index contributed by atoms with van der Waals surface area (Å²) in [6.07, 6.45) is 0. The maximum absolute atomic E-state index is 13.5. The summed E-state index contributed by atoms with van der Waals surface area (Å²) in [5.74, 6) is -0.303. The zero-order valence-corrected chi connectivity index (χ0v) is 18.8. The lowest BCUT2D eigenvalue weighted by Gasteiger charge is -2.19. The molecule has 4 rings (SSSR count). The number of carbonyl (C=O) groups is 1. The van der Waals surface area contributed by atoms with Crippen molar-refractivity contribution < 1.29 is 4.79 Å².